The maximum absolute atomic E-state index is 9.79. The third-order valence-electron chi connectivity index (χ3n) is 3.71. The van der Waals surface area contributed by atoms with Gasteiger partial charge in [-0.25, -0.2) is 0 Å². The van der Waals surface area contributed by atoms with Crippen LogP contribution in [-0.2, 0) is 6.54 Å². The number of methoxy groups -OCH3 is 1. The highest BCUT2D eigenvalue weighted by Crippen LogP contribution is 2.29. The van der Waals surface area contributed by atoms with E-state index < -0.39 is 0 Å². The van der Waals surface area contributed by atoms with Gasteiger partial charge in [-0.1, -0.05) is 13.0 Å². The van der Waals surface area contributed by atoms with Gasteiger partial charge in [0, 0.05) is 31.4 Å². The molecule has 1 aliphatic heterocycles. The van der Waals surface area contributed by atoms with Crippen LogP contribution in [0.25, 0.3) is 0 Å². The van der Waals surface area contributed by atoms with Crippen molar-refractivity contribution in [1.29, 1.82) is 0 Å². The molecular weight excluding hydrogens is 228 g/mol. The molecule has 2 atom stereocenters. The van der Waals surface area contributed by atoms with Crippen LogP contribution >= 0.6 is 0 Å². The summed E-state index contributed by atoms with van der Waals surface area (Å²) in [5, 5.41) is 9.79. The summed E-state index contributed by atoms with van der Waals surface area (Å²) in [7, 11) is 1.67. The second-order valence-electron chi connectivity index (χ2n) is 4.98. The summed E-state index contributed by atoms with van der Waals surface area (Å²) in [5.41, 5.74) is 8.05. The van der Waals surface area contributed by atoms with E-state index in [4.69, 9.17) is 10.5 Å². The summed E-state index contributed by atoms with van der Waals surface area (Å²) in [5.74, 6) is 1.14. The van der Waals surface area contributed by atoms with Crippen molar-refractivity contribution in [1.82, 2.24) is 0 Å². The van der Waals surface area contributed by atoms with Crippen LogP contribution in [0.1, 0.15) is 18.9 Å². The molecule has 0 bridgehead atoms. The van der Waals surface area contributed by atoms with Crippen LogP contribution in [0.3, 0.4) is 0 Å². The molecular formula is C14H22N2O2. The molecule has 3 N–H and O–H groups in total. The number of rotatable bonds is 3. The quantitative estimate of drug-likeness (QED) is 0.850. The molecule has 1 heterocycles. The van der Waals surface area contributed by atoms with E-state index in [-0.39, 0.29) is 12.0 Å². The molecule has 1 fully saturated rings. The number of aliphatic hydroxyl groups is 1. The van der Waals surface area contributed by atoms with Gasteiger partial charge in [0.15, 0.2) is 0 Å². The summed E-state index contributed by atoms with van der Waals surface area (Å²) in [6.07, 6.45) is 0.621. The molecule has 1 saturated heterocycles. The fraction of sp³-hybridized carbons (Fsp3) is 0.571. The lowest BCUT2D eigenvalue weighted by molar-refractivity contribution is 0.0970. The molecule has 1 aromatic carbocycles. The topological polar surface area (TPSA) is 58.7 Å². The standard InChI is InChI=1S/C14H22N2O2/c1-10-9-16(6-5-14(10)17)13-7-12(18-2)4-3-11(13)8-15/h3-4,7,10,14,17H,5-6,8-9,15H2,1-2H3. The van der Waals surface area contributed by atoms with Crippen LogP contribution in [0.5, 0.6) is 5.75 Å². The highest BCUT2D eigenvalue weighted by Gasteiger charge is 2.25. The number of anilines is 1. The van der Waals surface area contributed by atoms with Crippen LogP contribution < -0.4 is 15.4 Å². The summed E-state index contributed by atoms with van der Waals surface area (Å²) in [4.78, 5) is 2.29. The van der Waals surface area contributed by atoms with Gasteiger partial charge in [0.05, 0.1) is 13.2 Å². The van der Waals surface area contributed by atoms with Crippen LogP contribution in [0, 0.1) is 5.92 Å². The van der Waals surface area contributed by atoms with Gasteiger partial charge in [0.25, 0.3) is 0 Å². The lowest BCUT2D eigenvalue weighted by Gasteiger charge is -2.37. The van der Waals surface area contributed by atoms with E-state index in [9.17, 15) is 5.11 Å². The molecule has 2 unspecified atom stereocenters. The Morgan fingerprint density at radius 2 is 2.28 bits per heavy atom. The van der Waals surface area contributed by atoms with Crippen LogP contribution in [0.15, 0.2) is 18.2 Å². The van der Waals surface area contributed by atoms with Crippen molar-refractivity contribution in [2.75, 3.05) is 25.1 Å². The van der Waals surface area contributed by atoms with Crippen molar-refractivity contribution in [3.05, 3.63) is 23.8 Å². The van der Waals surface area contributed by atoms with E-state index in [1.165, 1.54) is 0 Å². The summed E-state index contributed by atoms with van der Waals surface area (Å²) in [6, 6.07) is 5.99. The zero-order valence-electron chi connectivity index (χ0n) is 11.1. The van der Waals surface area contributed by atoms with Gasteiger partial charge in [0.1, 0.15) is 5.75 Å². The van der Waals surface area contributed by atoms with Crippen LogP contribution in [0.2, 0.25) is 0 Å². The Labute approximate surface area is 108 Å². The average Bonchev–Trinajstić information content (AvgIpc) is 2.41. The first-order valence-electron chi connectivity index (χ1n) is 6.45. The minimum Gasteiger partial charge on any atom is -0.497 e. The number of hydrogen-bond acceptors (Lipinski definition) is 4. The van der Waals surface area contributed by atoms with Gasteiger partial charge < -0.3 is 20.5 Å². The Morgan fingerprint density at radius 1 is 1.50 bits per heavy atom. The summed E-state index contributed by atoms with van der Waals surface area (Å²) < 4.78 is 5.28. The predicted molar refractivity (Wildman–Crippen MR) is 72.9 cm³/mol. The molecule has 0 amide bonds. The van der Waals surface area contributed by atoms with E-state index in [1.807, 2.05) is 18.2 Å². The Bertz CT molecular complexity index is 409. The van der Waals surface area contributed by atoms with E-state index in [2.05, 4.69) is 11.8 Å². The molecule has 0 radical (unpaired) electrons. The van der Waals surface area contributed by atoms with Gasteiger partial charge >= 0.3 is 0 Å². The smallest absolute Gasteiger partial charge is 0.120 e. The maximum atomic E-state index is 9.79. The van der Waals surface area contributed by atoms with Crippen molar-refractivity contribution in [3.8, 4) is 5.75 Å². The SMILES string of the molecule is COc1ccc(CN)c(N2CCC(O)C(C)C2)c1. The molecule has 0 spiro atoms. The average molecular weight is 250 g/mol. The monoisotopic (exact) mass is 250 g/mol. The Balaban J connectivity index is 2.25. The van der Waals surface area contributed by atoms with E-state index in [1.54, 1.807) is 7.11 Å². The molecule has 1 aromatic rings. The first kappa shape index (κ1) is 13.2. The fourth-order valence-electron chi connectivity index (χ4n) is 2.49. The summed E-state index contributed by atoms with van der Waals surface area (Å²) >= 11 is 0. The number of piperidine rings is 1. The molecule has 1 aliphatic rings. The number of nitrogens with zero attached hydrogens (tertiary/aromatic N) is 1. The van der Waals surface area contributed by atoms with Gasteiger partial charge in [-0.2, -0.15) is 0 Å². The van der Waals surface area contributed by atoms with Crippen LogP contribution in [-0.4, -0.2) is 31.4 Å². The highest BCUT2D eigenvalue weighted by atomic mass is 16.5. The highest BCUT2D eigenvalue weighted by molar-refractivity contribution is 5.57. The minimum absolute atomic E-state index is 0.187. The zero-order valence-corrected chi connectivity index (χ0v) is 11.1. The molecule has 18 heavy (non-hydrogen) atoms. The largest absolute Gasteiger partial charge is 0.497 e. The maximum Gasteiger partial charge on any atom is 0.120 e. The number of ether oxygens (including phenoxy) is 1. The molecule has 0 aliphatic carbocycles. The van der Waals surface area contributed by atoms with Gasteiger partial charge in [-0.3, -0.25) is 0 Å². The summed E-state index contributed by atoms with van der Waals surface area (Å²) in [6.45, 7) is 4.33. The fourth-order valence-corrected chi connectivity index (χ4v) is 2.49. The first-order chi connectivity index (χ1) is 8.65. The van der Waals surface area contributed by atoms with E-state index in [0.717, 1.165) is 36.5 Å². The number of aliphatic hydroxyl groups excluding tert-OH is 1. The zero-order chi connectivity index (χ0) is 13.1. The van der Waals surface area contributed by atoms with Crippen LogP contribution in [0.4, 0.5) is 5.69 Å². The second kappa shape index (κ2) is 5.59. The molecule has 100 valence electrons. The van der Waals surface area contributed by atoms with Gasteiger partial charge in [-0.15, -0.1) is 0 Å². The first-order valence-corrected chi connectivity index (χ1v) is 6.45. The third-order valence-corrected chi connectivity index (χ3v) is 3.71. The van der Waals surface area contributed by atoms with Crippen molar-refractivity contribution in [2.45, 2.75) is 26.0 Å². The van der Waals surface area contributed by atoms with Gasteiger partial charge in [0.2, 0.25) is 0 Å². The second-order valence-corrected chi connectivity index (χ2v) is 4.98. The molecule has 4 heteroatoms. The lowest BCUT2D eigenvalue weighted by Crippen LogP contribution is -2.42. The number of benzene rings is 1. The third kappa shape index (κ3) is 2.60. The lowest BCUT2D eigenvalue weighted by atomic mass is 9.95. The Hall–Kier alpha value is -1.26. The van der Waals surface area contributed by atoms with E-state index >= 15 is 0 Å². The van der Waals surface area contributed by atoms with Crippen molar-refractivity contribution < 1.29 is 9.84 Å². The minimum atomic E-state index is -0.187. The number of hydrogen-bond donors (Lipinski definition) is 2. The number of nitrogens with two attached hydrogens (primary N) is 1. The molecule has 0 saturated carbocycles. The van der Waals surface area contributed by atoms with Crippen molar-refractivity contribution >= 4 is 5.69 Å². The molecule has 0 aromatic heterocycles. The normalized spacial score (nSPS) is 24.1. The Morgan fingerprint density at radius 3 is 2.89 bits per heavy atom. The van der Waals surface area contributed by atoms with Crippen molar-refractivity contribution in [3.63, 3.8) is 0 Å². The van der Waals surface area contributed by atoms with E-state index in [0.29, 0.717) is 6.54 Å². The Kier molecular flexibility index (Phi) is 4.09. The van der Waals surface area contributed by atoms with Gasteiger partial charge in [-0.05, 0) is 24.0 Å². The van der Waals surface area contributed by atoms with Crippen molar-refractivity contribution in [2.24, 2.45) is 11.7 Å². The predicted octanol–water partition coefficient (Wildman–Crippen LogP) is 1.36. The molecule has 2 rings (SSSR count). The molecule has 4 nitrogen and oxygen atoms in total.